The van der Waals surface area contributed by atoms with Crippen LogP contribution >= 0.6 is 23.1 Å². The molecule has 148 valence electrons. The molecule has 29 heavy (non-hydrogen) atoms. The fraction of sp³-hybridized carbons (Fsp3) is 0.190. The molecule has 0 aliphatic rings. The smallest absolute Gasteiger partial charge is 0.192 e. The van der Waals surface area contributed by atoms with Gasteiger partial charge in [-0.2, -0.15) is 0 Å². The number of thioether (sulfide) groups is 1. The molecule has 8 heteroatoms. The van der Waals surface area contributed by atoms with E-state index in [1.807, 2.05) is 60.0 Å². The number of benzene rings is 1. The van der Waals surface area contributed by atoms with E-state index in [0.29, 0.717) is 23.3 Å². The SMILES string of the molecule is COc1ccc(-c2nnc(SCC(=O)c3ccc(C)s3)n2Cc2ccco2)cc1. The third-order valence-corrected chi connectivity index (χ3v) is 6.32. The summed E-state index contributed by atoms with van der Waals surface area (Å²) in [5.41, 5.74) is 0.914. The van der Waals surface area contributed by atoms with Gasteiger partial charge in [0.25, 0.3) is 0 Å². The Morgan fingerprint density at radius 3 is 2.66 bits per heavy atom. The Hall–Kier alpha value is -2.84. The third-order valence-electron chi connectivity index (χ3n) is 4.31. The summed E-state index contributed by atoms with van der Waals surface area (Å²) in [7, 11) is 1.63. The number of ether oxygens (including phenoxy) is 1. The molecular weight excluding hydrogens is 406 g/mol. The summed E-state index contributed by atoms with van der Waals surface area (Å²) in [6, 6.07) is 15.2. The Morgan fingerprint density at radius 1 is 1.17 bits per heavy atom. The monoisotopic (exact) mass is 425 g/mol. The number of methoxy groups -OCH3 is 1. The summed E-state index contributed by atoms with van der Waals surface area (Å²) in [5, 5.41) is 9.39. The van der Waals surface area contributed by atoms with Crippen molar-refractivity contribution in [1.29, 1.82) is 0 Å². The number of carbonyl (C=O) groups is 1. The molecule has 0 bridgehead atoms. The summed E-state index contributed by atoms with van der Waals surface area (Å²) in [4.78, 5) is 14.4. The zero-order chi connectivity index (χ0) is 20.2. The quantitative estimate of drug-likeness (QED) is 0.294. The van der Waals surface area contributed by atoms with Crippen molar-refractivity contribution in [2.45, 2.75) is 18.6 Å². The van der Waals surface area contributed by atoms with Gasteiger partial charge in [0.05, 0.1) is 30.5 Å². The zero-order valence-electron chi connectivity index (χ0n) is 16.0. The molecule has 0 amide bonds. The molecule has 6 nitrogen and oxygen atoms in total. The first-order valence-electron chi connectivity index (χ1n) is 8.96. The van der Waals surface area contributed by atoms with Crippen molar-refractivity contribution in [3.8, 4) is 17.1 Å². The molecule has 0 saturated carbocycles. The molecule has 0 aliphatic carbocycles. The maximum atomic E-state index is 12.5. The Kier molecular flexibility index (Phi) is 5.82. The molecule has 0 fully saturated rings. The number of nitrogens with zero attached hydrogens (tertiary/aromatic N) is 3. The highest BCUT2D eigenvalue weighted by molar-refractivity contribution is 7.99. The lowest BCUT2D eigenvalue weighted by atomic mass is 10.2. The number of ketones is 1. The Balaban J connectivity index is 1.60. The van der Waals surface area contributed by atoms with Crippen molar-refractivity contribution in [3.63, 3.8) is 0 Å². The Morgan fingerprint density at radius 2 is 2.00 bits per heavy atom. The number of thiophene rings is 1. The second-order valence-corrected chi connectivity index (χ2v) is 8.55. The molecule has 4 aromatic rings. The predicted octanol–water partition coefficient (Wildman–Crippen LogP) is 4.94. The lowest BCUT2D eigenvalue weighted by Gasteiger charge is -2.09. The van der Waals surface area contributed by atoms with E-state index >= 15 is 0 Å². The molecule has 0 spiro atoms. The van der Waals surface area contributed by atoms with E-state index in [1.54, 1.807) is 13.4 Å². The number of aromatic nitrogens is 3. The van der Waals surface area contributed by atoms with Crippen LogP contribution in [0.2, 0.25) is 0 Å². The van der Waals surface area contributed by atoms with Crippen molar-refractivity contribution in [3.05, 3.63) is 70.3 Å². The fourth-order valence-corrected chi connectivity index (χ4v) is 4.55. The van der Waals surface area contributed by atoms with Crippen LogP contribution in [0.25, 0.3) is 11.4 Å². The molecule has 4 rings (SSSR count). The number of furan rings is 1. The molecule has 0 atom stereocenters. The maximum absolute atomic E-state index is 12.5. The van der Waals surface area contributed by atoms with Crippen LogP contribution in [0.15, 0.2) is 64.4 Å². The lowest BCUT2D eigenvalue weighted by molar-refractivity contribution is 0.102. The lowest BCUT2D eigenvalue weighted by Crippen LogP contribution is -2.06. The Labute approximate surface area is 176 Å². The molecule has 0 saturated heterocycles. The van der Waals surface area contributed by atoms with Crippen molar-refractivity contribution in [2.75, 3.05) is 12.9 Å². The van der Waals surface area contributed by atoms with E-state index in [9.17, 15) is 4.79 Å². The largest absolute Gasteiger partial charge is 0.497 e. The molecule has 0 N–H and O–H groups in total. The fourth-order valence-electron chi connectivity index (χ4n) is 2.84. The minimum atomic E-state index is 0.0895. The van der Waals surface area contributed by atoms with Crippen molar-refractivity contribution in [2.24, 2.45) is 0 Å². The third kappa shape index (κ3) is 4.44. The van der Waals surface area contributed by atoms with E-state index in [-0.39, 0.29) is 5.78 Å². The van der Waals surface area contributed by atoms with Crippen LogP contribution in [-0.2, 0) is 6.54 Å². The van der Waals surface area contributed by atoms with Crippen LogP contribution in [0, 0.1) is 6.92 Å². The highest BCUT2D eigenvalue weighted by atomic mass is 32.2. The molecule has 1 aromatic carbocycles. The van der Waals surface area contributed by atoms with E-state index in [1.165, 1.54) is 23.1 Å². The number of hydrogen-bond acceptors (Lipinski definition) is 7. The first-order chi connectivity index (χ1) is 14.1. The van der Waals surface area contributed by atoms with Gasteiger partial charge in [0.1, 0.15) is 11.5 Å². The van der Waals surface area contributed by atoms with Crippen LogP contribution in [0.5, 0.6) is 5.75 Å². The maximum Gasteiger partial charge on any atom is 0.192 e. The van der Waals surface area contributed by atoms with E-state index in [0.717, 1.165) is 26.8 Å². The average Bonchev–Trinajstić information content (AvgIpc) is 3.49. The van der Waals surface area contributed by atoms with Crippen LogP contribution in [0.4, 0.5) is 0 Å². The van der Waals surface area contributed by atoms with Crippen LogP contribution in [-0.4, -0.2) is 33.4 Å². The second-order valence-electron chi connectivity index (χ2n) is 6.32. The minimum absolute atomic E-state index is 0.0895. The summed E-state index contributed by atoms with van der Waals surface area (Å²) in [5.74, 6) is 2.68. The van der Waals surface area contributed by atoms with Gasteiger partial charge in [-0.25, -0.2) is 0 Å². The normalized spacial score (nSPS) is 11.0. The predicted molar refractivity (Wildman–Crippen MR) is 114 cm³/mol. The zero-order valence-corrected chi connectivity index (χ0v) is 17.6. The van der Waals surface area contributed by atoms with Gasteiger partial charge in [-0.1, -0.05) is 11.8 Å². The molecule has 0 unspecified atom stereocenters. The van der Waals surface area contributed by atoms with Gasteiger partial charge in [0.15, 0.2) is 16.8 Å². The standard InChI is InChI=1S/C21H19N3O3S2/c1-14-5-10-19(29-14)18(25)13-28-21-23-22-20(15-6-8-16(26-2)9-7-15)24(21)12-17-4-3-11-27-17/h3-11H,12-13H2,1-2H3. The van der Waals surface area contributed by atoms with Crippen LogP contribution in [0.1, 0.15) is 20.3 Å². The molecule has 0 aliphatic heterocycles. The van der Waals surface area contributed by atoms with Crippen molar-refractivity contribution in [1.82, 2.24) is 14.8 Å². The van der Waals surface area contributed by atoms with Gasteiger partial charge in [-0.3, -0.25) is 9.36 Å². The van der Waals surface area contributed by atoms with E-state index in [2.05, 4.69) is 10.2 Å². The number of rotatable bonds is 8. The number of hydrogen-bond donors (Lipinski definition) is 0. The summed E-state index contributed by atoms with van der Waals surface area (Å²) in [6.07, 6.45) is 1.64. The highest BCUT2D eigenvalue weighted by Crippen LogP contribution is 2.28. The first-order valence-corrected chi connectivity index (χ1v) is 10.8. The van der Waals surface area contributed by atoms with Crippen molar-refractivity contribution >= 4 is 28.9 Å². The molecule has 3 aromatic heterocycles. The van der Waals surface area contributed by atoms with E-state index < -0.39 is 0 Å². The summed E-state index contributed by atoms with van der Waals surface area (Å²) >= 11 is 2.90. The van der Waals surface area contributed by atoms with Crippen molar-refractivity contribution < 1.29 is 13.9 Å². The van der Waals surface area contributed by atoms with Gasteiger partial charge in [-0.15, -0.1) is 21.5 Å². The average molecular weight is 426 g/mol. The topological polar surface area (TPSA) is 70.2 Å². The second kappa shape index (κ2) is 8.67. The first kappa shape index (κ1) is 19.5. The van der Waals surface area contributed by atoms with Crippen LogP contribution in [0.3, 0.4) is 0 Å². The number of aryl methyl sites for hydroxylation is 1. The summed E-state index contributed by atoms with van der Waals surface area (Å²) in [6.45, 7) is 2.48. The van der Waals surface area contributed by atoms with Gasteiger partial charge in [0, 0.05) is 10.4 Å². The van der Waals surface area contributed by atoms with Gasteiger partial charge >= 0.3 is 0 Å². The molecule has 0 radical (unpaired) electrons. The number of Topliss-reactive ketones (excluding diaryl/α,β-unsaturated/α-hetero) is 1. The molecule has 3 heterocycles. The number of carbonyl (C=O) groups excluding carboxylic acids is 1. The highest BCUT2D eigenvalue weighted by Gasteiger charge is 2.18. The summed E-state index contributed by atoms with van der Waals surface area (Å²) < 4.78 is 12.7. The van der Waals surface area contributed by atoms with Crippen LogP contribution < -0.4 is 4.74 Å². The Bertz CT molecular complexity index is 1100. The minimum Gasteiger partial charge on any atom is -0.497 e. The van der Waals surface area contributed by atoms with Gasteiger partial charge < -0.3 is 9.15 Å². The molecular formula is C21H19N3O3S2. The van der Waals surface area contributed by atoms with Gasteiger partial charge in [-0.05, 0) is 55.5 Å². The van der Waals surface area contributed by atoms with E-state index in [4.69, 9.17) is 9.15 Å². The van der Waals surface area contributed by atoms with Gasteiger partial charge in [0.2, 0.25) is 0 Å².